The molecular formula is C19H22N4O2. The van der Waals surface area contributed by atoms with Crippen LogP contribution >= 0.6 is 0 Å². The molecule has 0 unspecified atom stereocenters. The highest BCUT2D eigenvalue weighted by Crippen LogP contribution is 2.25. The van der Waals surface area contributed by atoms with E-state index in [1.165, 1.54) is 32.1 Å². The van der Waals surface area contributed by atoms with Gasteiger partial charge in [-0.2, -0.15) is 4.98 Å². The summed E-state index contributed by atoms with van der Waals surface area (Å²) in [4.78, 5) is 11.4. The molecule has 1 saturated carbocycles. The van der Waals surface area contributed by atoms with E-state index in [0.717, 1.165) is 12.2 Å². The standard InChI is InChI=1S/C19H22N4O2/c1-2-8-16(9-3-1)23(13-15-7-4-5-11-20-15)14-18-21-19(22-25-18)17-10-6-12-24-17/h4-7,10-12,16H,1-3,8-9,13-14H2. The van der Waals surface area contributed by atoms with Gasteiger partial charge in [0, 0.05) is 18.8 Å². The van der Waals surface area contributed by atoms with Gasteiger partial charge in [0.05, 0.1) is 18.5 Å². The fourth-order valence-electron chi connectivity index (χ4n) is 3.46. The van der Waals surface area contributed by atoms with Crippen molar-refractivity contribution < 1.29 is 8.94 Å². The molecule has 0 amide bonds. The second-order valence-corrected chi connectivity index (χ2v) is 6.51. The summed E-state index contributed by atoms with van der Waals surface area (Å²) in [5, 5.41) is 4.04. The Morgan fingerprint density at radius 3 is 2.72 bits per heavy atom. The summed E-state index contributed by atoms with van der Waals surface area (Å²) >= 11 is 0. The van der Waals surface area contributed by atoms with E-state index in [4.69, 9.17) is 8.94 Å². The highest BCUT2D eigenvalue weighted by Gasteiger charge is 2.24. The SMILES string of the molecule is c1ccc(CN(Cc2nc(-c3ccco3)no2)C2CCCCC2)nc1. The van der Waals surface area contributed by atoms with Crippen LogP contribution in [0.25, 0.3) is 11.6 Å². The van der Waals surface area contributed by atoms with Gasteiger partial charge in [-0.3, -0.25) is 9.88 Å². The van der Waals surface area contributed by atoms with Crippen molar-refractivity contribution in [2.45, 2.75) is 51.2 Å². The van der Waals surface area contributed by atoms with E-state index in [0.29, 0.717) is 30.1 Å². The van der Waals surface area contributed by atoms with Crippen LogP contribution in [0.15, 0.2) is 51.7 Å². The van der Waals surface area contributed by atoms with Crippen molar-refractivity contribution in [3.05, 3.63) is 54.4 Å². The lowest BCUT2D eigenvalue weighted by Crippen LogP contribution is -2.36. The van der Waals surface area contributed by atoms with Gasteiger partial charge in [-0.25, -0.2) is 0 Å². The quantitative estimate of drug-likeness (QED) is 0.675. The summed E-state index contributed by atoms with van der Waals surface area (Å²) in [6, 6.07) is 10.2. The average Bonchev–Trinajstić information content (AvgIpc) is 3.34. The second-order valence-electron chi connectivity index (χ2n) is 6.51. The predicted molar refractivity (Wildman–Crippen MR) is 92.4 cm³/mol. The molecule has 3 heterocycles. The van der Waals surface area contributed by atoms with E-state index < -0.39 is 0 Å². The van der Waals surface area contributed by atoms with Crippen LogP contribution in [-0.4, -0.2) is 26.1 Å². The van der Waals surface area contributed by atoms with Crippen LogP contribution in [-0.2, 0) is 13.1 Å². The summed E-state index contributed by atoms with van der Waals surface area (Å²) in [6.07, 6.45) is 9.78. The third-order valence-electron chi connectivity index (χ3n) is 4.73. The molecule has 6 nitrogen and oxygen atoms in total. The van der Waals surface area contributed by atoms with Crippen LogP contribution in [0, 0.1) is 0 Å². The second kappa shape index (κ2) is 7.61. The van der Waals surface area contributed by atoms with Crippen LogP contribution < -0.4 is 0 Å². The molecule has 4 rings (SSSR count). The van der Waals surface area contributed by atoms with Gasteiger partial charge in [0.15, 0.2) is 5.76 Å². The van der Waals surface area contributed by atoms with Crippen LogP contribution in [0.4, 0.5) is 0 Å². The van der Waals surface area contributed by atoms with Crippen molar-refractivity contribution in [2.75, 3.05) is 0 Å². The van der Waals surface area contributed by atoms with Crippen LogP contribution in [0.5, 0.6) is 0 Å². The van der Waals surface area contributed by atoms with Gasteiger partial charge in [-0.15, -0.1) is 0 Å². The molecule has 0 spiro atoms. The Bertz CT molecular complexity index is 764. The van der Waals surface area contributed by atoms with E-state index in [1.54, 1.807) is 6.26 Å². The molecular weight excluding hydrogens is 316 g/mol. The molecule has 0 atom stereocenters. The molecule has 0 radical (unpaired) electrons. The first-order valence-electron chi connectivity index (χ1n) is 8.89. The van der Waals surface area contributed by atoms with E-state index in [9.17, 15) is 0 Å². The average molecular weight is 338 g/mol. The van der Waals surface area contributed by atoms with Gasteiger partial charge in [0.2, 0.25) is 11.7 Å². The van der Waals surface area contributed by atoms with Gasteiger partial charge in [0.25, 0.3) is 0 Å². The Kier molecular flexibility index (Phi) is 4.88. The minimum absolute atomic E-state index is 0.501. The fraction of sp³-hybridized carbons (Fsp3) is 0.421. The molecule has 0 bridgehead atoms. The number of pyridine rings is 1. The van der Waals surface area contributed by atoms with Crippen molar-refractivity contribution in [1.82, 2.24) is 20.0 Å². The first-order valence-corrected chi connectivity index (χ1v) is 8.89. The van der Waals surface area contributed by atoms with Crippen LogP contribution in [0.2, 0.25) is 0 Å². The minimum atomic E-state index is 0.501. The lowest BCUT2D eigenvalue weighted by atomic mass is 9.94. The normalized spacial score (nSPS) is 15.7. The smallest absolute Gasteiger partial charge is 0.241 e. The van der Waals surface area contributed by atoms with Crippen LogP contribution in [0.3, 0.4) is 0 Å². The Balaban J connectivity index is 1.51. The van der Waals surface area contributed by atoms with Crippen molar-refractivity contribution in [2.24, 2.45) is 0 Å². The van der Waals surface area contributed by atoms with E-state index in [2.05, 4.69) is 26.1 Å². The predicted octanol–water partition coefficient (Wildman–Crippen LogP) is 4.06. The molecule has 0 saturated heterocycles. The third-order valence-corrected chi connectivity index (χ3v) is 4.73. The zero-order chi connectivity index (χ0) is 16.9. The lowest BCUT2D eigenvalue weighted by molar-refractivity contribution is 0.122. The molecule has 1 fully saturated rings. The van der Waals surface area contributed by atoms with Gasteiger partial charge in [-0.05, 0) is 37.1 Å². The summed E-state index contributed by atoms with van der Waals surface area (Å²) < 4.78 is 10.8. The number of hydrogen-bond acceptors (Lipinski definition) is 6. The maximum absolute atomic E-state index is 5.46. The topological polar surface area (TPSA) is 68.2 Å². The fourth-order valence-corrected chi connectivity index (χ4v) is 3.46. The van der Waals surface area contributed by atoms with Gasteiger partial charge in [-0.1, -0.05) is 30.5 Å². The zero-order valence-electron chi connectivity index (χ0n) is 14.2. The first kappa shape index (κ1) is 16.0. The van der Waals surface area contributed by atoms with Crippen molar-refractivity contribution in [3.63, 3.8) is 0 Å². The maximum Gasteiger partial charge on any atom is 0.241 e. The zero-order valence-corrected chi connectivity index (χ0v) is 14.2. The van der Waals surface area contributed by atoms with Crippen molar-refractivity contribution in [3.8, 4) is 11.6 Å². The highest BCUT2D eigenvalue weighted by atomic mass is 16.5. The number of aromatic nitrogens is 3. The summed E-state index contributed by atoms with van der Waals surface area (Å²) in [7, 11) is 0. The summed E-state index contributed by atoms with van der Waals surface area (Å²) in [6.45, 7) is 1.43. The largest absolute Gasteiger partial charge is 0.461 e. The summed E-state index contributed by atoms with van der Waals surface area (Å²) in [5.74, 6) is 1.75. The molecule has 3 aromatic heterocycles. The number of hydrogen-bond donors (Lipinski definition) is 0. The van der Waals surface area contributed by atoms with Gasteiger partial charge < -0.3 is 8.94 Å². The monoisotopic (exact) mass is 338 g/mol. The Morgan fingerprint density at radius 1 is 1.04 bits per heavy atom. The minimum Gasteiger partial charge on any atom is -0.461 e. The molecule has 1 aliphatic carbocycles. The maximum atomic E-state index is 5.46. The summed E-state index contributed by atoms with van der Waals surface area (Å²) in [5.41, 5.74) is 1.07. The van der Waals surface area contributed by atoms with Gasteiger partial charge in [0.1, 0.15) is 0 Å². The molecule has 0 aliphatic heterocycles. The molecule has 1 aliphatic rings. The Morgan fingerprint density at radius 2 is 1.96 bits per heavy atom. The van der Waals surface area contributed by atoms with Crippen LogP contribution in [0.1, 0.15) is 43.7 Å². The Hall–Kier alpha value is -2.47. The molecule has 25 heavy (non-hydrogen) atoms. The molecule has 0 N–H and O–H groups in total. The number of furan rings is 1. The van der Waals surface area contributed by atoms with E-state index in [1.807, 2.05) is 30.5 Å². The highest BCUT2D eigenvalue weighted by molar-refractivity contribution is 5.44. The van der Waals surface area contributed by atoms with E-state index in [-0.39, 0.29) is 0 Å². The molecule has 130 valence electrons. The van der Waals surface area contributed by atoms with Crippen molar-refractivity contribution >= 4 is 0 Å². The molecule has 3 aromatic rings. The first-order chi connectivity index (χ1) is 12.4. The van der Waals surface area contributed by atoms with Crippen molar-refractivity contribution in [1.29, 1.82) is 0 Å². The van der Waals surface area contributed by atoms with Gasteiger partial charge >= 0.3 is 0 Å². The lowest BCUT2D eigenvalue weighted by Gasteiger charge is -2.33. The number of rotatable bonds is 6. The van der Waals surface area contributed by atoms with E-state index >= 15 is 0 Å². The Labute approximate surface area is 146 Å². The number of nitrogens with zero attached hydrogens (tertiary/aromatic N) is 4. The molecule has 6 heteroatoms. The third kappa shape index (κ3) is 3.96. The molecule has 0 aromatic carbocycles.